The number of nitrogens with two attached hydrogens (primary N) is 1. The lowest BCUT2D eigenvalue weighted by Gasteiger charge is -2.13. The molecular formula is C17H17N3O6. The Balaban J connectivity index is 2.10. The van der Waals surface area contributed by atoms with Crippen molar-refractivity contribution in [1.29, 1.82) is 0 Å². The van der Waals surface area contributed by atoms with Crippen molar-refractivity contribution in [2.24, 2.45) is 5.73 Å². The average molecular weight is 359 g/mol. The summed E-state index contributed by atoms with van der Waals surface area (Å²) in [4.78, 5) is 46.4. The highest BCUT2D eigenvalue weighted by Gasteiger charge is 2.21. The summed E-state index contributed by atoms with van der Waals surface area (Å²) in [5.41, 5.74) is 6.05. The van der Waals surface area contributed by atoms with Crippen LogP contribution in [0.4, 0.5) is 10.5 Å². The van der Waals surface area contributed by atoms with Crippen LogP contribution >= 0.6 is 0 Å². The molecule has 0 aliphatic carbocycles. The number of ether oxygens (including phenoxy) is 1. The van der Waals surface area contributed by atoms with Crippen molar-refractivity contribution in [1.82, 2.24) is 5.32 Å². The summed E-state index contributed by atoms with van der Waals surface area (Å²) >= 11 is 0. The SMILES string of the molecule is Cc1ccc(C(=O)OC(C)C(=O)NC(N)=O)cc1NC(=O)c1ccco1. The normalized spacial score (nSPS) is 11.3. The fourth-order valence-corrected chi connectivity index (χ4v) is 1.98. The molecule has 4 N–H and O–H groups in total. The minimum atomic E-state index is -1.22. The monoisotopic (exact) mass is 359 g/mol. The maximum Gasteiger partial charge on any atom is 0.338 e. The summed E-state index contributed by atoms with van der Waals surface area (Å²) in [7, 11) is 0. The van der Waals surface area contributed by atoms with E-state index >= 15 is 0 Å². The fraction of sp³-hybridized carbons (Fsp3) is 0.176. The van der Waals surface area contributed by atoms with Gasteiger partial charge in [0.25, 0.3) is 11.8 Å². The van der Waals surface area contributed by atoms with Gasteiger partial charge in [-0.1, -0.05) is 6.07 Å². The summed E-state index contributed by atoms with van der Waals surface area (Å²) in [6.07, 6.45) is 0.145. The van der Waals surface area contributed by atoms with Crippen LogP contribution in [-0.4, -0.2) is 29.9 Å². The maximum absolute atomic E-state index is 12.2. The third kappa shape index (κ3) is 4.69. The van der Waals surface area contributed by atoms with Crippen molar-refractivity contribution in [3.63, 3.8) is 0 Å². The van der Waals surface area contributed by atoms with E-state index in [4.69, 9.17) is 14.9 Å². The zero-order valence-corrected chi connectivity index (χ0v) is 14.1. The lowest BCUT2D eigenvalue weighted by molar-refractivity contribution is -0.127. The number of aryl methyl sites for hydroxylation is 1. The number of hydrogen-bond donors (Lipinski definition) is 3. The van der Waals surface area contributed by atoms with Crippen LogP contribution in [0.5, 0.6) is 0 Å². The molecule has 1 aromatic carbocycles. The summed E-state index contributed by atoms with van der Waals surface area (Å²) < 4.78 is 9.99. The zero-order chi connectivity index (χ0) is 19.3. The molecule has 26 heavy (non-hydrogen) atoms. The largest absolute Gasteiger partial charge is 0.459 e. The first-order valence-electron chi connectivity index (χ1n) is 7.54. The van der Waals surface area contributed by atoms with Gasteiger partial charge >= 0.3 is 12.0 Å². The zero-order valence-electron chi connectivity index (χ0n) is 14.1. The quantitative estimate of drug-likeness (QED) is 0.692. The van der Waals surface area contributed by atoms with Crippen LogP contribution in [-0.2, 0) is 9.53 Å². The summed E-state index contributed by atoms with van der Waals surface area (Å²) in [5.74, 6) is -2.00. The van der Waals surface area contributed by atoms with Crippen molar-refractivity contribution in [3.8, 4) is 0 Å². The third-order valence-electron chi connectivity index (χ3n) is 3.37. The Morgan fingerprint density at radius 2 is 1.92 bits per heavy atom. The molecule has 9 heteroatoms. The van der Waals surface area contributed by atoms with E-state index in [1.54, 1.807) is 19.1 Å². The van der Waals surface area contributed by atoms with Gasteiger partial charge < -0.3 is 20.2 Å². The molecule has 0 saturated carbocycles. The van der Waals surface area contributed by atoms with Gasteiger partial charge in [-0.15, -0.1) is 0 Å². The van der Waals surface area contributed by atoms with E-state index in [1.807, 2.05) is 5.32 Å². The molecule has 1 heterocycles. The summed E-state index contributed by atoms with van der Waals surface area (Å²) in [6, 6.07) is 6.55. The van der Waals surface area contributed by atoms with Gasteiger partial charge in [0.1, 0.15) is 0 Å². The third-order valence-corrected chi connectivity index (χ3v) is 3.37. The van der Waals surface area contributed by atoms with E-state index in [0.29, 0.717) is 11.3 Å². The van der Waals surface area contributed by atoms with Gasteiger partial charge in [0.2, 0.25) is 0 Å². The van der Waals surface area contributed by atoms with E-state index in [1.165, 1.54) is 31.4 Å². The van der Waals surface area contributed by atoms with Gasteiger partial charge in [0, 0.05) is 5.69 Å². The second-order valence-electron chi connectivity index (χ2n) is 5.36. The van der Waals surface area contributed by atoms with Gasteiger partial charge in [-0.05, 0) is 43.7 Å². The predicted molar refractivity (Wildman–Crippen MR) is 90.4 cm³/mol. The molecule has 2 aromatic rings. The van der Waals surface area contributed by atoms with E-state index < -0.39 is 29.9 Å². The molecule has 4 amide bonds. The molecule has 0 fully saturated rings. The Hall–Kier alpha value is -3.62. The molecule has 0 saturated heterocycles. The predicted octanol–water partition coefficient (Wildman–Crippen LogP) is 1.58. The highest BCUT2D eigenvalue weighted by molar-refractivity contribution is 6.03. The highest BCUT2D eigenvalue weighted by atomic mass is 16.5. The molecule has 1 aromatic heterocycles. The van der Waals surface area contributed by atoms with Gasteiger partial charge in [-0.3, -0.25) is 14.9 Å². The number of rotatable bonds is 5. The van der Waals surface area contributed by atoms with Crippen molar-refractivity contribution < 1.29 is 28.3 Å². The number of hydrogen-bond acceptors (Lipinski definition) is 6. The number of furan rings is 1. The maximum atomic E-state index is 12.2. The number of urea groups is 1. The van der Waals surface area contributed by atoms with Crippen LogP contribution in [0, 0.1) is 6.92 Å². The van der Waals surface area contributed by atoms with Gasteiger partial charge in [0.15, 0.2) is 11.9 Å². The van der Waals surface area contributed by atoms with Crippen molar-refractivity contribution in [3.05, 3.63) is 53.5 Å². The number of carbonyl (C=O) groups excluding carboxylic acids is 4. The van der Waals surface area contributed by atoms with Crippen molar-refractivity contribution in [2.45, 2.75) is 20.0 Å². The standard InChI is InChI=1S/C17H17N3O6/c1-9-5-6-11(16(23)26-10(2)14(21)20-17(18)24)8-12(9)19-15(22)13-4-3-7-25-13/h3-8,10H,1-2H3,(H,19,22)(H3,18,20,21,24). The molecule has 9 nitrogen and oxygen atoms in total. The van der Waals surface area contributed by atoms with Crippen molar-refractivity contribution >= 4 is 29.5 Å². The number of nitrogens with one attached hydrogen (secondary N) is 2. The molecule has 0 radical (unpaired) electrons. The first-order chi connectivity index (χ1) is 12.3. The Labute approximate surface area is 148 Å². The molecule has 0 aliphatic heterocycles. The number of anilines is 1. The fourth-order valence-electron chi connectivity index (χ4n) is 1.98. The van der Waals surface area contributed by atoms with E-state index in [9.17, 15) is 19.2 Å². The Morgan fingerprint density at radius 3 is 2.54 bits per heavy atom. The highest BCUT2D eigenvalue weighted by Crippen LogP contribution is 2.19. The van der Waals surface area contributed by atoms with Crippen LogP contribution in [0.25, 0.3) is 0 Å². The number of imide groups is 1. The second kappa shape index (κ2) is 7.97. The average Bonchev–Trinajstić information content (AvgIpc) is 3.10. The Bertz CT molecular complexity index is 844. The van der Waals surface area contributed by atoms with Crippen molar-refractivity contribution in [2.75, 3.05) is 5.32 Å². The molecule has 1 unspecified atom stereocenters. The molecule has 136 valence electrons. The minimum Gasteiger partial charge on any atom is -0.459 e. The molecule has 0 bridgehead atoms. The Kier molecular flexibility index (Phi) is 5.74. The van der Waals surface area contributed by atoms with Crippen LogP contribution in [0.1, 0.15) is 33.4 Å². The van der Waals surface area contributed by atoms with Gasteiger partial charge in [-0.25, -0.2) is 9.59 Å². The van der Waals surface area contributed by atoms with Crippen LogP contribution in [0.2, 0.25) is 0 Å². The molecule has 2 rings (SSSR count). The topological polar surface area (TPSA) is 141 Å². The smallest absolute Gasteiger partial charge is 0.338 e. The molecular weight excluding hydrogens is 342 g/mol. The van der Waals surface area contributed by atoms with Crippen LogP contribution < -0.4 is 16.4 Å². The Morgan fingerprint density at radius 1 is 1.19 bits per heavy atom. The first-order valence-corrected chi connectivity index (χ1v) is 7.54. The van der Waals surface area contributed by atoms with E-state index in [2.05, 4.69) is 5.32 Å². The minimum absolute atomic E-state index is 0.115. The number of primary amides is 1. The first kappa shape index (κ1) is 18.7. The number of amides is 4. The summed E-state index contributed by atoms with van der Waals surface area (Å²) in [6.45, 7) is 3.04. The lowest BCUT2D eigenvalue weighted by atomic mass is 10.1. The number of carbonyl (C=O) groups is 4. The molecule has 0 aliphatic rings. The number of benzene rings is 1. The van der Waals surface area contributed by atoms with Gasteiger partial charge in [0.05, 0.1) is 11.8 Å². The lowest BCUT2D eigenvalue weighted by Crippen LogP contribution is -2.42. The molecule has 1 atom stereocenters. The van der Waals surface area contributed by atoms with E-state index in [0.717, 1.165) is 0 Å². The van der Waals surface area contributed by atoms with Crippen LogP contribution in [0.3, 0.4) is 0 Å². The summed E-state index contributed by atoms with van der Waals surface area (Å²) in [5, 5.41) is 4.45. The molecule has 0 spiro atoms. The number of esters is 1. The van der Waals surface area contributed by atoms with E-state index in [-0.39, 0.29) is 11.3 Å². The second-order valence-corrected chi connectivity index (χ2v) is 5.36. The van der Waals surface area contributed by atoms with Gasteiger partial charge in [-0.2, -0.15) is 0 Å². The van der Waals surface area contributed by atoms with Crippen LogP contribution in [0.15, 0.2) is 41.0 Å².